The van der Waals surface area contributed by atoms with Gasteiger partial charge in [-0.25, -0.2) is 0 Å². The molecular weight excluding hydrogens is 226 g/mol. The first kappa shape index (κ1) is 11.9. The van der Waals surface area contributed by atoms with Crippen molar-refractivity contribution in [3.63, 3.8) is 0 Å². The Morgan fingerprint density at radius 1 is 1.28 bits per heavy atom. The molecule has 3 rings (SSSR count). The van der Waals surface area contributed by atoms with Crippen LogP contribution >= 0.6 is 0 Å². The minimum atomic E-state index is -0.221. The van der Waals surface area contributed by atoms with Gasteiger partial charge in [-0.1, -0.05) is 43.2 Å². The topological polar surface area (TPSA) is 29.5 Å². The Bertz CT molecular complexity index is 437. The van der Waals surface area contributed by atoms with Gasteiger partial charge in [0.2, 0.25) is 0 Å². The van der Waals surface area contributed by atoms with E-state index in [9.17, 15) is 4.79 Å². The Morgan fingerprint density at radius 3 is 2.61 bits per heavy atom. The number of carbonyl (C=O) groups excluding carboxylic acids is 1. The van der Waals surface area contributed by atoms with Gasteiger partial charge in [-0.05, 0) is 12.8 Å². The van der Waals surface area contributed by atoms with Gasteiger partial charge in [-0.3, -0.25) is 9.63 Å². The predicted octanol–water partition coefficient (Wildman–Crippen LogP) is 2.68. The van der Waals surface area contributed by atoms with E-state index in [0.717, 1.165) is 18.4 Å². The van der Waals surface area contributed by atoms with Gasteiger partial charge in [-0.2, -0.15) is 5.06 Å². The van der Waals surface area contributed by atoms with Crippen LogP contribution in [0.3, 0.4) is 0 Å². The summed E-state index contributed by atoms with van der Waals surface area (Å²) in [4.78, 5) is 18.6. The van der Waals surface area contributed by atoms with E-state index in [2.05, 4.69) is 0 Å². The molecule has 3 heteroatoms. The number of ketones is 1. The van der Waals surface area contributed by atoms with Gasteiger partial charge in [0.05, 0.1) is 5.92 Å². The molecule has 18 heavy (non-hydrogen) atoms. The summed E-state index contributed by atoms with van der Waals surface area (Å²) in [5, 5.41) is 1.84. The Labute approximate surface area is 108 Å². The predicted molar refractivity (Wildman–Crippen MR) is 69.2 cm³/mol. The third-order valence-electron chi connectivity index (χ3n) is 4.24. The number of benzene rings is 1. The molecule has 1 spiro atoms. The average molecular weight is 245 g/mol. The van der Waals surface area contributed by atoms with Crippen LogP contribution < -0.4 is 0 Å². The van der Waals surface area contributed by atoms with Gasteiger partial charge in [0, 0.05) is 19.2 Å². The molecule has 1 unspecified atom stereocenters. The van der Waals surface area contributed by atoms with E-state index in [1.54, 1.807) is 0 Å². The summed E-state index contributed by atoms with van der Waals surface area (Å²) < 4.78 is 0. The van der Waals surface area contributed by atoms with Crippen molar-refractivity contribution in [2.24, 2.45) is 5.92 Å². The average Bonchev–Trinajstić information content (AvgIpc) is 2.98. The monoisotopic (exact) mass is 245 g/mol. The third kappa shape index (κ3) is 1.88. The lowest BCUT2D eigenvalue weighted by Crippen LogP contribution is -2.38. The molecule has 0 aromatic heterocycles. The van der Waals surface area contributed by atoms with Crippen molar-refractivity contribution in [1.82, 2.24) is 5.06 Å². The molecule has 0 bridgehead atoms. The standard InChI is InChI=1S/C15H19NO2/c1-16-11-13(15(18-16)9-5-6-10-15)14(17)12-7-3-2-4-8-12/h2-4,7-8,13H,5-6,9-11H2,1H3. The fourth-order valence-corrected chi connectivity index (χ4v) is 3.37. The van der Waals surface area contributed by atoms with Crippen LogP contribution in [0, 0.1) is 5.92 Å². The molecule has 1 aromatic rings. The third-order valence-corrected chi connectivity index (χ3v) is 4.24. The van der Waals surface area contributed by atoms with Crippen molar-refractivity contribution in [1.29, 1.82) is 0 Å². The van der Waals surface area contributed by atoms with Crippen molar-refractivity contribution in [2.45, 2.75) is 31.3 Å². The summed E-state index contributed by atoms with van der Waals surface area (Å²) in [6.07, 6.45) is 4.37. The van der Waals surface area contributed by atoms with E-state index in [0.29, 0.717) is 6.54 Å². The summed E-state index contributed by atoms with van der Waals surface area (Å²) in [6.45, 7) is 0.716. The van der Waals surface area contributed by atoms with Crippen LogP contribution in [-0.2, 0) is 4.84 Å². The largest absolute Gasteiger partial charge is 0.294 e. The van der Waals surface area contributed by atoms with Gasteiger partial charge < -0.3 is 0 Å². The fourth-order valence-electron chi connectivity index (χ4n) is 3.37. The first-order chi connectivity index (χ1) is 8.71. The van der Waals surface area contributed by atoms with Crippen LogP contribution in [0.5, 0.6) is 0 Å². The summed E-state index contributed by atoms with van der Waals surface area (Å²) in [5.74, 6) is 0.231. The Morgan fingerprint density at radius 2 is 1.94 bits per heavy atom. The molecule has 3 nitrogen and oxygen atoms in total. The van der Waals surface area contributed by atoms with E-state index in [1.165, 1.54) is 12.8 Å². The molecule has 1 aromatic carbocycles. The highest BCUT2D eigenvalue weighted by atomic mass is 16.7. The quantitative estimate of drug-likeness (QED) is 0.750. The fraction of sp³-hybridized carbons (Fsp3) is 0.533. The molecule has 1 aliphatic carbocycles. The Kier molecular flexibility index (Phi) is 2.96. The molecule has 1 saturated heterocycles. The lowest BCUT2D eigenvalue weighted by Gasteiger charge is -2.27. The molecule has 1 heterocycles. The van der Waals surface area contributed by atoms with Crippen LogP contribution in [0.4, 0.5) is 0 Å². The van der Waals surface area contributed by atoms with Gasteiger partial charge in [0.25, 0.3) is 0 Å². The van der Waals surface area contributed by atoms with Crippen LogP contribution in [0.25, 0.3) is 0 Å². The minimum Gasteiger partial charge on any atom is -0.294 e. The second-order valence-corrected chi connectivity index (χ2v) is 5.46. The summed E-state index contributed by atoms with van der Waals surface area (Å²) in [5.41, 5.74) is 0.592. The summed E-state index contributed by atoms with van der Waals surface area (Å²) >= 11 is 0. The normalized spacial score (nSPS) is 26.8. The van der Waals surface area contributed by atoms with Crippen LogP contribution in [0.2, 0.25) is 0 Å². The lowest BCUT2D eigenvalue weighted by molar-refractivity contribution is -0.178. The van der Waals surface area contributed by atoms with Crippen molar-refractivity contribution >= 4 is 5.78 Å². The van der Waals surface area contributed by atoms with E-state index < -0.39 is 0 Å². The maximum atomic E-state index is 12.6. The molecule has 2 fully saturated rings. The second-order valence-electron chi connectivity index (χ2n) is 5.46. The van der Waals surface area contributed by atoms with E-state index in [-0.39, 0.29) is 17.3 Å². The number of hydrogen-bond acceptors (Lipinski definition) is 3. The molecule has 0 radical (unpaired) electrons. The Balaban J connectivity index is 1.89. The smallest absolute Gasteiger partial charge is 0.170 e. The molecule has 96 valence electrons. The number of hydrogen-bond donors (Lipinski definition) is 0. The van der Waals surface area contributed by atoms with Crippen LogP contribution in [-0.4, -0.2) is 30.0 Å². The number of carbonyl (C=O) groups is 1. The van der Waals surface area contributed by atoms with Gasteiger partial charge in [-0.15, -0.1) is 0 Å². The molecule has 1 saturated carbocycles. The molecule has 2 aliphatic rings. The highest BCUT2D eigenvalue weighted by Gasteiger charge is 2.52. The van der Waals surface area contributed by atoms with Crippen molar-refractivity contribution in [3.8, 4) is 0 Å². The molecule has 1 aliphatic heterocycles. The Hall–Kier alpha value is -1.19. The summed E-state index contributed by atoms with van der Waals surface area (Å²) in [6, 6.07) is 9.61. The number of nitrogens with zero attached hydrogens (tertiary/aromatic N) is 1. The highest BCUT2D eigenvalue weighted by Crippen LogP contribution is 2.45. The van der Waals surface area contributed by atoms with Gasteiger partial charge >= 0.3 is 0 Å². The van der Waals surface area contributed by atoms with Crippen LogP contribution in [0.15, 0.2) is 30.3 Å². The molecular formula is C15H19NO2. The minimum absolute atomic E-state index is 0.00704. The molecule has 0 N–H and O–H groups in total. The van der Waals surface area contributed by atoms with Gasteiger partial charge in [0.15, 0.2) is 5.78 Å². The van der Waals surface area contributed by atoms with Crippen molar-refractivity contribution in [3.05, 3.63) is 35.9 Å². The van der Waals surface area contributed by atoms with E-state index in [1.807, 2.05) is 42.4 Å². The number of Topliss-reactive ketones (excluding diaryl/α,β-unsaturated/α-hetero) is 1. The van der Waals surface area contributed by atoms with Crippen molar-refractivity contribution < 1.29 is 9.63 Å². The van der Waals surface area contributed by atoms with Crippen LogP contribution in [0.1, 0.15) is 36.0 Å². The van der Waals surface area contributed by atoms with E-state index >= 15 is 0 Å². The highest BCUT2D eigenvalue weighted by molar-refractivity contribution is 5.98. The number of hydroxylamine groups is 2. The SMILES string of the molecule is CN1CC(C(=O)c2ccccc2)C2(CCCC2)O1. The lowest BCUT2D eigenvalue weighted by atomic mass is 9.81. The zero-order chi connectivity index (χ0) is 12.6. The first-order valence-electron chi connectivity index (χ1n) is 6.71. The maximum absolute atomic E-state index is 12.6. The van der Waals surface area contributed by atoms with Crippen molar-refractivity contribution in [2.75, 3.05) is 13.6 Å². The summed E-state index contributed by atoms with van der Waals surface area (Å²) in [7, 11) is 1.93. The zero-order valence-corrected chi connectivity index (χ0v) is 10.8. The second kappa shape index (κ2) is 4.48. The van der Waals surface area contributed by atoms with E-state index in [4.69, 9.17) is 4.84 Å². The maximum Gasteiger partial charge on any atom is 0.170 e. The first-order valence-corrected chi connectivity index (χ1v) is 6.71. The number of rotatable bonds is 2. The zero-order valence-electron chi connectivity index (χ0n) is 10.8. The molecule has 1 atom stereocenters. The molecule has 0 amide bonds. The van der Waals surface area contributed by atoms with Gasteiger partial charge in [0.1, 0.15) is 5.60 Å².